The van der Waals surface area contributed by atoms with E-state index < -0.39 is 5.54 Å². The number of nitrogens with one attached hydrogen (secondary N) is 1. The second-order valence-electron chi connectivity index (χ2n) is 4.65. The van der Waals surface area contributed by atoms with Gasteiger partial charge in [-0.05, 0) is 26.0 Å². The molecule has 0 radical (unpaired) electrons. The summed E-state index contributed by atoms with van der Waals surface area (Å²) in [6.07, 6.45) is 0. The van der Waals surface area contributed by atoms with Crippen molar-refractivity contribution in [3.8, 4) is 11.5 Å². The van der Waals surface area contributed by atoms with Crippen molar-refractivity contribution in [2.24, 2.45) is 0 Å². The highest BCUT2D eigenvalue weighted by Gasteiger charge is 2.22. The first-order valence-corrected chi connectivity index (χ1v) is 5.58. The van der Waals surface area contributed by atoms with E-state index in [9.17, 15) is 9.90 Å². The zero-order valence-electron chi connectivity index (χ0n) is 11.1. The van der Waals surface area contributed by atoms with E-state index in [2.05, 4.69) is 5.32 Å². The van der Waals surface area contributed by atoms with Gasteiger partial charge in [-0.2, -0.15) is 0 Å². The Balaban J connectivity index is 2.85. The highest BCUT2D eigenvalue weighted by Crippen LogP contribution is 2.23. The molecule has 0 aliphatic carbocycles. The Labute approximate surface area is 107 Å². The standard InChI is InChI=1S/C13H19NO4/c1-13(2,8-17-3)14-12(16)10-6-5-9(18-4)7-11(10)15/h5-7,15H,8H2,1-4H3,(H,14,16). The summed E-state index contributed by atoms with van der Waals surface area (Å²) in [6, 6.07) is 4.54. The summed E-state index contributed by atoms with van der Waals surface area (Å²) in [5, 5.41) is 12.5. The fourth-order valence-electron chi connectivity index (χ4n) is 1.60. The van der Waals surface area contributed by atoms with Gasteiger partial charge in [-0.15, -0.1) is 0 Å². The van der Waals surface area contributed by atoms with Crippen LogP contribution < -0.4 is 10.1 Å². The van der Waals surface area contributed by atoms with Gasteiger partial charge in [0.1, 0.15) is 11.5 Å². The summed E-state index contributed by atoms with van der Waals surface area (Å²) in [6.45, 7) is 4.07. The summed E-state index contributed by atoms with van der Waals surface area (Å²) < 4.78 is 9.97. The number of carbonyl (C=O) groups excluding carboxylic acids is 1. The maximum absolute atomic E-state index is 12.0. The third-order valence-corrected chi connectivity index (χ3v) is 2.41. The van der Waals surface area contributed by atoms with Gasteiger partial charge in [0.05, 0.1) is 24.8 Å². The maximum atomic E-state index is 12.0. The number of benzene rings is 1. The molecule has 0 heterocycles. The minimum atomic E-state index is -0.502. The van der Waals surface area contributed by atoms with Gasteiger partial charge in [-0.1, -0.05) is 0 Å². The van der Waals surface area contributed by atoms with E-state index in [0.29, 0.717) is 12.4 Å². The first-order chi connectivity index (χ1) is 8.39. The van der Waals surface area contributed by atoms with E-state index >= 15 is 0 Å². The molecule has 1 aromatic carbocycles. The topological polar surface area (TPSA) is 67.8 Å². The molecule has 5 nitrogen and oxygen atoms in total. The van der Waals surface area contributed by atoms with Crippen molar-refractivity contribution in [3.05, 3.63) is 23.8 Å². The largest absolute Gasteiger partial charge is 0.507 e. The second-order valence-corrected chi connectivity index (χ2v) is 4.65. The molecule has 18 heavy (non-hydrogen) atoms. The molecule has 0 aromatic heterocycles. The van der Waals surface area contributed by atoms with Crippen molar-refractivity contribution < 1.29 is 19.4 Å². The highest BCUT2D eigenvalue weighted by atomic mass is 16.5. The Morgan fingerprint density at radius 2 is 2.06 bits per heavy atom. The Kier molecular flexibility index (Phi) is 4.55. The SMILES string of the molecule is COCC(C)(C)NC(=O)c1ccc(OC)cc1O. The first kappa shape index (κ1) is 14.3. The number of carbonyl (C=O) groups is 1. The average Bonchev–Trinajstić information content (AvgIpc) is 2.27. The number of hydrogen-bond donors (Lipinski definition) is 2. The van der Waals surface area contributed by atoms with Crippen LogP contribution in [0.3, 0.4) is 0 Å². The predicted molar refractivity (Wildman–Crippen MR) is 68.1 cm³/mol. The number of rotatable bonds is 5. The lowest BCUT2D eigenvalue weighted by atomic mass is 10.1. The number of aromatic hydroxyl groups is 1. The van der Waals surface area contributed by atoms with Crippen molar-refractivity contribution >= 4 is 5.91 Å². The van der Waals surface area contributed by atoms with Crippen molar-refractivity contribution in [2.45, 2.75) is 19.4 Å². The van der Waals surface area contributed by atoms with Crippen LogP contribution in [0.1, 0.15) is 24.2 Å². The summed E-state index contributed by atoms with van der Waals surface area (Å²) in [5.74, 6) is 0.0393. The average molecular weight is 253 g/mol. The molecule has 0 aliphatic heterocycles. The molecule has 0 fully saturated rings. The molecule has 0 atom stereocenters. The number of ether oxygens (including phenoxy) is 2. The molecule has 0 saturated heterocycles. The molecule has 0 bridgehead atoms. The van der Waals surface area contributed by atoms with E-state index in [1.807, 2.05) is 13.8 Å². The number of amides is 1. The lowest BCUT2D eigenvalue weighted by molar-refractivity contribution is 0.0817. The predicted octanol–water partition coefficient (Wildman–Crippen LogP) is 1.56. The van der Waals surface area contributed by atoms with Gasteiger partial charge in [0, 0.05) is 13.2 Å². The molecule has 2 N–H and O–H groups in total. The summed E-state index contributed by atoms with van der Waals surface area (Å²) in [4.78, 5) is 12.0. The van der Waals surface area contributed by atoms with E-state index in [1.54, 1.807) is 13.2 Å². The minimum Gasteiger partial charge on any atom is -0.507 e. The lowest BCUT2D eigenvalue weighted by Gasteiger charge is -2.25. The smallest absolute Gasteiger partial charge is 0.255 e. The molecule has 0 saturated carbocycles. The number of methoxy groups -OCH3 is 2. The molecule has 0 spiro atoms. The van der Waals surface area contributed by atoms with Crippen molar-refractivity contribution in [2.75, 3.05) is 20.8 Å². The summed E-state index contributed by atoms with van der Waals surface area (Å²) in [7, 11) is 3.06. The second kappa shape index (κ2) is 5.73. The van der Waals surface area contributed by atoms with E-state index in [0.717, 1.165) is 0 Å². The third-order valence-electron chi connectivity index (χ3n) is 2.41. The molecular weight excluding hydrogens is 234 g/mol. The minimum absolute atomic E-state index is 0.111. The van der Waals surface area contributed by atoms with E-state index in [1.165, 1.54) is 19.2 Å². The zero-order chi connectivity index (χ0) is 13.8. The van der Waals surface area contributed by atoms with Crippen LogP contribution >= 0.6 is 0 Å². The van der Waals surface area contributed by atoms with Crippen molar-refractivity contribution in [3.63, 3.8) is 0 Å². The zero-order valence-corrected chi connectivity index (χ0v) is 11.1. The molecule has 100 valence electrons. The first-order valence-electron chi connectivity index (χ1n) is 5.58. The molecule has 1 amide bonds. The van der Waals surface area contributed by atoms with E-state index in [4.69, 9.17) is 9.47 Å². The van der Waals surface area contributed by atoms with Crippen LogP contribution in [-0.4, -0.2) is 37.4 Å². The Hall–Kier alpha value is -1.75. The van der Waals surface area contributed by atoms with Crippen molar-refractivity contribution in [1.29, 1.82) is 0 Å². The third kappa shape index (κ3) is 3.63. The molecule has 1 rings (SSSR count). The Bertz CT molecular complexity index is 429. The number of phenols is 1. The van der Waals surface area contributed by atoms with Crippen LogP contribution in [0.2, 0.25) is 0 Å². The van der Waals surface area contributed by atoms with Crippen molar-refractivity contribution in [1.82, 2.24) is 5.32 Å². The number of hydrogen-bond acceptors (Lipinski definition) is 4. The van der Waals surface area contributed by atoms with Crippen LogP contribution in [0.25, 0.3) is 0 Å². The fraction of sp³-hybridized carbons (Fsp3) is 0.462. The highest BCUT2D eigenvalue weighted by molar-refractivity contribution is 5.97. The fourth-order valence-corrected chi connectivity index (χ4v) is 1.60. The quantitative estimate of drug-likeness (QED) is 0.835. The van der Waals surface area contributed by atoms with Gasteiger partial charge in [0.25, 0.3) is 5.91 Å². The lowest BCUT2D eigenvalue weighted by Crippen LogP contribution is -2.46. The monoisotopic (exact) mass is 253 g/mol. The van der Waals surface area contributed by atoms with Gasteiger partial charge in [-0.25, -0.2) is 0 Å². The van der Waals surface area contributed by atoms with Gasteiger partial charge in [-0.3, -0.25) is 4.79 Å². The van der Waals surface area contributed by atoms with Gasteiger partial charge in [0.15, 0.2) is 0 Å². The normalized spacial score (nSPS) is 11.1. The van der Waals surface area contributed by atoms with E-state index in [-0.39, 0.29) is 17.2 Å². The van der Waals surface area contributed by atoms with Crippen LogP contribution in [0.5, 0.6) is 11.5 Å². The van der Waals surface area contributed by atoms with Crippen LogP contribution in [0, 0.1) is 0 Å². The molecule has 0 aliphatic rings. The van der Waals surface area contributed by atoms with Crippen LogP contribution in [0.15, 0.2) is 18.2 Å². The molecule has 1 aromatic rings. The van der Waals surface area contributed by atoms with Gasteiger partial charge >= 0.3 is 0 Å². The molecule has 0 unspecified atom stereocenters. The number of phenolic OH excluding ortho intramolecular Hbond substituents is 1. The summed E-state index contributed by atoms with van der Waals surface area (Å²) in [5.41, 5.74) is -0.293. The Morgan fingerprint density at radius 3 is 2.56 bits per heavy atom. The van der Waals surface area contributed by atoms with Gasteiger partial charge < -0.3 is 19.9 Å². The van der Waals surface area contributed by atoms with Gasteiger partial charge in [0.2, 0.25) is 0 Å². The van der Waals surface area contributed by atoms with Crippen LogP contribution in [0.4, 0.5) is 0 Å². The van der Waals surface area contributed by atoms with Crippen LogP contribution in [-0.2, 0) is 4.74 Å². The maximum Gasteiger partial charge on any atom is 0.255 e. The molecule has 5 heteroatoms. The molecular formula is C13H19NO4. The Morgan fingerprint density at radius 1 is 1.39 bits per heavy atom. The summed E-state index contributed by atoms with van der Waals surface area (Å²) >= 11 is 0.